The van der Waals surface area contributed by atoms with Crippen molar-refractivity contribution >= 4 is 23.3 Å². The van der Waals surface area contributed by atoms with Crippen LogP contribution in [0.25, 0.3) is 0 Å². The molecule has 1 aliphatic carbocycles. The molecule has 1 fully saturated rings. The van der Waals surface area contributed by atoms with E-state index in [0.29, 0.717) is 22.5 Å². The van der Waals surface area contributed by atoms with Crippen LogP contribution in [0.5, 0.6) is 0 Å². The average Bonchev–Trinajstić information content (AvgIpc) is 3.13. The predicted octanol–water partition coefficient (Wildman–Crippen LogP) is 4.05. The topological polar surface area (TPSA) is 40.5 Å². The molecule has 19 heavy (non-hydrogen) atoms. The lowest BCUT2D eigenvalue weighted by Crippen LogP contribution is -2.29. The number of carbonyl (C=O) groups is 1. The highest BCUT2D eigenvalue weighted by atomic mass is 35.5. The van der Waals surface area contributed by atoms with Crippen molar-refractivity contribution in [2.75, 3.05) is 11.4 Å². The smallest absolute Gasteiger partial charge is 0.337 e. The minimum Gasteiger partial charge on any atom is -0.478 e. The van der Waals surface area contributed by atoms with Crippen molar-refractivity contribution in [2.24, 2.45) is 5.92 Å². The van der Waals surface area contributed by atoms with Crippen molar-refractivity contribution in [3.8, 4) is 0 Å². The van der Waals surface area contributed by atoms with Crippen LogP contribution >= 0.6 is 11.6 Å². The minimum absolute atomic E-state index is 0.347. The number of benzene rings is 1. The van der Waals surface area contributed by atoms with Gasteiger partial charge in [-0.15, -0.1) is 0 Å². The highest BCUT2D eigenvalue weighted by molar-refractivity contribution is 6.31. The van der Waals surface area contributed by atoms with E-state index in [9.17, 15) is 9.90 Å². The van der Waals surface area contributed by atoms with Gasteiger partial charge in [0.1, 0.15) is 0 Å². The molecule has 0 atom stereocenters. The van der Waals surface area contributed by atoms with E-state index in [4.69, 9.17) is 11.6 Å². The fraction of sp³-hybridized carbons (Fsp3) is 0.533. The minimum atomic E-state index is -0.887. The number of rotatable bonds is 6. The summed E-state index contributed by atoms with van der Waals surface area (Å²) in [7, 11) is 0. The fourth-order valence-electron chi connectivity index (χ4n) is 2.21. The Kier molecular flexibility index (Phi) is 4.35. The van der Waals surface area contributed by atoms with Crippen LogP contribution in [0.4, 0.5) is 5.69 Å². The number of anilines is 1. The quantitative estimate of drug-likeness (QED) is 0.855. The second-order valence-electron chi connectivity index (χ2n) is 5.57. The molecule has 0 spiro atoms. The standard InChI is InChI=1S/C15H20ClNO2/c1-10(2)7-8-17(12-4-5-12)14-9-11(16)3-6-13(14)15(18)19/h3,6,9-10,12H,4-5,7-8H2,1-2H3,(H,18,19). The van der Waals surface area contributed by atoms with E-state index in [-0.39, 0.29) is 0 Å². The van der Waals surface area contributed by atoms with Crippen LogP contribution in [0.2, 0.25) is 5.02 Å². The summed E-state index contributed by atoms with van der Waals surface area (Å²) in [5.74, 6) is -0.282. The number of halogens is 1. The molecule has 0 bridgehead atoms. The molecule has 104 valence electrons. The van der Waals surface area contributed by atoms with Crippen LogP contribution in [-0.2, 0) is 0 Å². The third kappa shape index (κ3) is 3.63. The van der Waals surface area contributed by atoms with Gasteiger partial charge in [0, 0.05) is 17.6 Å². The van der Waals surface area contributed by atoms with Gasteiger partial charge in [0.25, 0.3) is 0 Å². The molecule has 2 rings (SSSR count). The molecule has 1 aliphatic rings. The fourth-order valence-corrected chi connectivity index (χ4v) is 2.37. The Hall–Kier alpha value is -1.22. The summed E-state index contributed by atoms with van der Waals surface area (Å²) in [6, 6.07) is 5.51. The molecule has 3 nitrogen and oxygen atoms in total. The predicted molar refractivity (Wildman–Crippen MR) is 78.2 cm³/mol. The van der Waals surface area contributed by atoms with Crippen molar-refractivity contribution < 1.29 is 9.90 Å². The number of carboxylic acids is 1. The molecule has 1 N–H and O–H groups in total. The molecule has 1 saturated carbocycles. The van der Waals surface area contributed by atoms with E-state index in [1.807, 2.05) is 0 Å². The van der Waals surface area contributed by atoms with Gasteiger partial charge in [-0.3, -0.25) is 0 Å². The van der Waals surface area contributed by atoms with E-state index in [0.717, 1.165) is 31.5 Å². The van der Waals surface area contributed by atoms with Crippen LogP contribution in [0.1, 0.15) is 43.5 Å². The largest absolute Gasteiger partial charge is 0.478 e. The van der Waals surface area contributed by atoms with Gasteiger partial charge in [0.15, 0.2) is 0 Å². The SMILES string of the molecule is CC(C)CCN(c1cc(Cl)ccc1C(=O)O)C1CC1. The molecule has 0 unspecified atom stereocenters. The third-order valence-electron chi connectivity index (χ3n) is 3.43. The summed E-state index contributed by atoms with van der Waals surface area (Å²) < 4.78 is 0. The summed E-state index contributed by atoms with van der Waals surface area (Å²) in [5, 5.41) is 9.91. The number of hydrogen-bond donors (Lipinski definition) is 1. The van der Waals surface area contributed by atoms with Crippen LogP contribution < -0.4 is 4.90 Å². The van der Waals surface area contributed by atoms with Gasteiger partial charge < -0.3 is 10.0 Å². The van der Waals surface area contributed by atoms with Gasteiger partial charge in [0.05, 0.1) is 11.3 Å². The Balaban J connectivity index is 2.29. The van der Waals surface area contributed by atoms with Gasteiger partial charge in [-0.2, -0.15) is 0 Å². The lowest BCUT2D eigenvalue weighted by molar-refractivity contribution is 0.0697. The van der Waals surface area contributed by atoms with Crippen LogP contribution in [0, 0.1) is 5.92 Å². The third-order valence-corrected chi connectivity index (χ3v) is 3.67. The summed E-state index contributed by atoms with van der Waals surface area (Å²) in [6.07, 6.45) is 3.34. The van der Waals surface area contributed by atoms with Crippen LogP contribution in [0.15, 0.2) is 18.2 Å². The average molecular weight is 282 g/mol. The Labute approximate surface area is 119 Å². The number of hydrogen-bond acceptors (Lipinski definition) is 2. The van der Waals surface area contributed by atoms with Crippen LogP contribution in [0.3, 0.4) is 0 Å². The number of carboxylic acid groups (broad SMARTS) is 1. The van der Waals surface area contributed by atoms with Gasteiger partial charge in [-0.1, -0.05) is 25.4 Å². The van der Waals surface area contributed by atoms with Crippen molar-refractivity contribution in [1.82, 2.24) is 0 Å². The van der Waals surface area contributed by atoms with Crippen molar-refractivity contribution in [3.05, 3.63) is 28.8 Å². The zero-order chi connectivity index (χ0) is 14.0. The molecule has 1 aromatic rings. The molecular weight excluding hydrogens is 262 g/mol. The Bertz CT molecular complexity index is 469. The van der Waals surface area contributed by atoms with E-state index >= 15 is 0 Å². The zero-order valence-corrected chi connectivity index (χ0v) is 12.2. The molecule has 0 aliphatic heterocycles. The molecular formula is C15H20ClNO2. The summed E-state index contributed by atoms with van der Waals surface area (Å²) in [4.78, 5) is 13.6. The maximum atomic E-state index is 11.3. The van der Waals surface area contributed by atoms with Crippen molar-refractivity contribution in [3.63, 3.8) is 0 Å². The molecule has 1 aromatic carbocycles. The van der Waals surface area contributed by atoms with Gasteiger partial charge >= 0.3 is 5.97 Å². The lowest BCUT2D eigenvalue weighted by Gasteiger charge is -2.27. The molecule has 0 heterocycles. The van der Waals surface area contributed by atoms with E-state index in [1.54, 1.807) is 18.2 Å². The maximum Gasteiger partial charge on any atom is 0.337 e. The Morgan fingerprint density at radius 3 is 2.68 bits per heavy atom. The zero-order valence-electron chi connectivity index (χ0n) is 11.4. The van der Waals surface area contributed by atoms with E-state index in [1.165, 1.54) is 0 Å². The highest BCUT2D eigenvalue weighted by Crippen LogP contribution is 2.35. The first-order chi connectivity index (χ1) is 8.99. The summed E-state index contributed by atoms with van der Waals surface area (Å²) >= 11 is 6.03. The monoisotopic (exact) mass is 281 g/mol. The van der Waals surface area contributed by atoms with Crippen LogP contribution in [-0.4, -0.2) is 23.7 Å². The molecule has 0 amide bonds. The molecule has 0 aromatic heterocycles. The van der Waals surface area contributed by atoms with Gasteiger partial charge in [-0.05, 0) is 43.4 Å². The second kappa shape index (κ2) is 5.83. The first-order valence-electron chi connectivity index (χ1n) is 6.78. The van der Waals surface area contributed by atoms with Gasteiger partial charge in [-0.25, -0.2) is 4.79 Å². The number of nitrogens with zero attached hydrogens (tertiary/aromatic N) is 1. The number of aromatic carboxylic acids is 1. The Morgan fingerprint density at radius 1 is 1.47 bits per heavy atom. The lowest BCUT2D eigenvalue weighted by atomic mass is 10.1. The molecule has 4 heteroatoms. The van der Waals surface area contributed by atoms with Crippen molar-refractivity contribution in [1.29, 1.82) is 0 Å². The molecule has 0 radical (unpaired) electrons. The first kappa shape index (κ1) is 14.2. The van der Waals surface area contributed by atoms with Crippen molar-refractivity contribution in [2.45, 2.75) is 39.2 Å². The first-order valence-corrected chi connectivity index (χ1v) is 7.16. The summed E-state index contributed by atoms with van der Waals surface area (Å²) in [6.45, 7) is 5.26. The van der Waals surface area contributed by atoms with Gasteiger partial charge in [0.2, 0.25) is 0 Å². The van der Waals surface area contributed by atoms with E-state index in [2.05, 4.69) is 18.7 Å². The highest BCUT2D eigenvalue weighted by Gasteiger charge is 2.31. The molecule has 0 saturated heterocycles. The van der Waals surface area contributed by atoms with E-state index < -0.39 is 5.97 Å². The maximum absolute atomic E-state index is 11.3. The normalized spacial score (nSPS) is 14.7. The Morgan fingerprint density at radius 2 is 2.16 bits per heavy atom. The second-order valence-corrected chi connectivity index (χ2v) is 6.01. The summed E-state index contributed by atoms with van der Waals surface area (Å²) in [5.41, 5.74) is 1.11.